The Morgan fingerprint density at radius 1 is 0.542 bits per heavy atom. The summed E-state index contributed by atoms with van der Waals surface area (Å²) < 4.78 is 21.3. The smallest absolute Gasteiger partial charge is 0.460 e. The molecule has 0 aromatic heterocycles. The van der Waals surface area contributed by atoms with E-state index < -0.39 is 26.5 Å². The third-order valence-electron chi connectivity index (χ3n) is 8.83. The van der Waals surface area contributed by atoms with E-state index in [9.17, 15) is 14.2 Å². The Bertz CT molecular complexity index is 835. The summed E-state index contributed by atoms with van der Waals surface area (Å²) in [7, 11) is -4.70. The Balaban J connectivity index is 3.97. The van der Waals surface area contributed by atoms with Crippen molar-refractivity contribution >= 4 is 19.6 Å². The van der Waals surface area contributed by atoms with Crippen LogP contribution in [0.15, 0.2) is 24.3 Å². The van der Waals surface area contributed by atoms with Crippen molar-refractivity contribution in [2.45, 2.75) is 213 Å². The number of unbranched alkanes of at least 4 members (excludes halogenated alkanes) is 22. The van der Waals surface area contributed by atoms with Gasteiger partial charge in [0.15, 0.2) is 0 Å². The van der Waals surface area contributed by atoms with E-state index in [0.717, 1.165) is 57.8 Å². The van der Waals surface area contributed by atoms with Gasteiger partial charge >= 0.3 is 13.8 Å². The Morgan fingerprint density at radius 2 is 0.917 bits per heavy atom. The lowest BCUT2D eigenvalue weighted by atomic mass is 10.0. The number of carbonyl (C=O) groups is 2. The van der Waals surface area contributed by atoms with Gasteiger partial charge in [-0.2, -0.15) is 0 Å². The first kappa shape index (κ1) is 46.7. The van der Waals surface area contributed by atoms with E-state index in [1.54, 1.807) is 0 Å². The fraction of sp³-hybridized carbons (Fsp3) is 0.850. The summed E-state index contributed by atoms with van der Waals surface area (Å²) in [6.45, 7) is 4.08. The van der Waals surface area contributed by atoms with E-state index in [1.807, 2.05) is 0 Å². The first-order chi connectivity index (χ1) is 23.3. The highest BCUT2D eigenvalue weighted by atomic mass is 31.2. The molecule has 0 unspecified atom stereocenters. The van der Waals surface area contributed by atoms with Crippen molar-refractivity contribution in [3.8, 4) is 0 Å². The SMILES string of the molecule is CCCCCCCC/C=C\CCCCCCCC(=O)CC[C@H](COP(=O)(O)O)OC(=O)CCCCCCC/C=C\CCCCCCCC. The Morgan fingerprint density at radius 3 is 1.33 bits per heavy atom. The monoisotopic (exact) mass is 699 g/mol. The van der Waals surface area contributed by atoms with Crippen molar-refractivity contribution in [3.05, 3.63) is 24.3 Å². The zero-order valence-corrected chi connectivity index (χ0v) is 32.1. The third kappa shape index (κ3) is 37.5. The number of ketones is 1. The van der Waals surface area contributed by atoms with Gasteiger partial charge in [-0.15, -0.1) is 0 Å². The van der Waals surface area contributed by atoms with Gasteiger partial charge in [-0.25, -0.2) is 4.57 Å². The zero-order valence-electron chi connectivity index (χ0n) is 31.2. The molecule has 0 saturated carbocycles. The van der Waals surface area contributed by atoms with Gasteiger partial charge < -0.3 is 14.5 Å². The summed E-state index contributed by atoms with van der Waals surface area (Å²) in [5.41, 5.74) is 0. The first-order valence-corrected chi connectivity index (χ1v) is 21.5. The van der Waals surface area contributed by atoms with Crippen molar-refractivity contribution < 1.29 is 33.2 Å². The number of rotatable bonds is 37. The average Bonchev–Trinajstić information content (AvgIpc) is 3.05. The van der Waals surface area contributed by atoms with Gasteiger partial charge in [0.25, 0.3) is 0 Å². The fourth-order valence-electron chi connectivity index (χ4n) is 5.78. The molecule has 0 rings (SSSR count). The maximum atomic E-state index is 12.4. The largest absolute Gasteiger partial charge is 0.469 e. The van der Waals surface area contributed by atoms with E-state index in [2.05, 4.69) is 42.7 Å². The van der Waals surface area contributed by atoms with Gasteiger partial charge in [-0.1, -0.05) is 141 Å². The number of carbonyl (C=O) groups excluding carboxylic acids is 2. The summed E-state index contributed by atoms with van der Waals surface area (Å²) in [5.74, 6) is -0.321. The standard InChI is InChI=1S/C40H75O7P/c1-3-5-7-9-11-13-15-17-19-21-23-25-27-29-31-33-38(41)35-36-39(37-46-48(43,44)45)47-40(42)34-32-30-28-26-24-22-20-18-16-14-12-10-8-6-4-2/h17-20,39H,3-16,21-37H2,1-2H3,(H2,43,44,45)/b19-17-,20-18-/t39-/m1/s1. The van der Waals surface area contributed by atoms with Crippen LogP contribution in [-0.2, 0) is 23.4 Å². The van der Waals surface area contributed by atoms with Gasteiger partial charge in [-0.05, 0) is 70.6 Å². The van der Waals surface area contributed by atoms with Gasteiger partial charge in [-0.3, -0.25) is 14.1 Å². The van der Waals surface area contributed by atoms with Crippen LogP contribution in [0.4, 0.5) is 0 Å². The quantitative estimate of drug-likeness (QED) is 0.0287. The number of Topliss-reactive ketones (excluding diaryl/α,β-unsaturated/α-hetero) is 1. The van der Waals surface area contributed by atoms with Gasteiger partial charge in [0, 0.05) is 19.3 Å². The lowest BCUT2D eigenvalue weighted by Crippen LogP contribution is -2.24. The van der Waals surface area contributed by atoms with Crippen molar-refractivity contribution in [1.29, 1.82) is 0 Å². The summed E-state index contributed by atoms with van der Waals surface area (Å²) in [4.78, 5) is 43.1. The van der Waals surface area contributed by atoms with E-state index in [-0.39, 0.29) is 25.0 Å². The van der Waals surface area contributed by atoms with Gasteiger partial charge in [0.1, 0.15) is 11.9 Å². The lowest BCUT2D eigenvalue weighted by molar-refractivity contribution is -0.152. The summed E-state index contributed by atoms with van der Waals surface area (Å²) in [5, 5.41) is 0. The highest BCUT2D eigenvalue weighted by Gasteiger charge is 2.22. The van der Waals surface area contributed by atoms with Crippen LogP contribution in [0, 0.1) is 0 Å². The fourth-order valence-corrected chi connectivity index (χ4v) is 6.14. The van der Waals surface area contributed by atoms with Crippen molar-refractivity contribution in [3.63, 3.8) is 0 Å². The normalized spacial score (nSPS) is 12.8. The minimum Gasteiger partial charge on any atom is -0.460 e. The zero-order chi connectivity index (χ0) is 35.4. The molecule has 282 valence electrons. The number of allylic oxidation sites excluding steroid dienone is 4. The molecule has 7 nitrogen and oxygen atoms in total. The molecule has 0 fully saturated rings. The molecular formula is C40H75O7P. The number of ether oxygens (including phenoxy) is 1. The van der Waals surface area contributed by atoms with Crippen LogP contribution in [0.3, 0.4) is 0 Å². The molecule has 0 heterocycles. The molecule has 0 radical (unpaired) electrons. The Hall–Kier alpha value is -1.27. The second kappa shape index (κ2) is 35.6. The average molecular weight is 699 g/mol. The van der Waals surface area contributed by atoms with Crippen molar-refractivity contribution in [1.82, 2.24) is 0 Å². The van der Waals surface area contributed by atoms with Crippen LogP contribution in [0.5, 0.6) is 0 Å². The molecule has 48 heavy (non-hydrogen) atoms. The van der Waals surface area contributed by atoms with Crippen LogP contribution in [0.25, 0.3) is 0 Å². The predicted molar refractivity (Wildman–Crippen MR) is 201 cm³/mol. The van der Waals surface area contributed by atoms with Crippen LogP contribution in [-0.4, -0.2) is 34.3 Å². The molecule has 1 atom stereocenters. The minimum absolute atomic E-state index is 0.0853. The molecule has 0 saturated heterocycles. The maximum Gasteiger partial charge on any atom is 0.469 e. The maximum absolute atomic E-state index is 12.4. The lowest BCUT2D eigenvalue weighted by Gasteiger charge is -2.18. The summed E-state index contributed by atoms with van der Waals surface area (Å²) >= 11 is 0. The second-order valence-electron chi connectivity index (χ2n) is 13.6. The molecule has 0 aliphatic carbocycles. The number of phosphoric acid groups is 1. The van der Waals surface area contributed by atoms with Gasteiger partial charge in [0.2, 0.25) is 0 Å². The van der Waals surface area contributed by atoms with Crippen molar-refractivity contribution in [2.24, 2.45) is 0 Å². The van der Waals surface area contributed by atoms with Crippen LogP contribution in [0.1, 0.15) is 206 Å². The molecule has 0 bridgehead atoms. The molecule has 0 aromatic carbocycles. The Labute approximate surface area is 295 Å². The first-order valence-electron chi connectivity index (χ1n) is 20.0. The van der Waals surface area contributed by atoms with E-state index in [1.165, 1.54) is 103 Å². The molecular weight excluding hydrogens is 623 g/mol. The molecule has 0 spiro atoms. The number of phosphoric ester groups is 1. The Kier molecular flexibility index (Phi) is 34.6. The molecule has 0 aliphatic heterocycles. The summed E-state index contributed by atoms with van der Waals surface area (Å²) in [6.07, 6.45) is 40.5. The van der Waals surface area contributed by atoms with Gasteiger partial charge in [0.05, 0.1) is 6.61 Å². The van der Waals surface area contributed by atoms with E-state index >= 15 is 0 Å². The highest BCUT2D eigenvalue weighted by molar-refractivity contribution is 7.46. The minimum atomic E-state index is -4.70. The summed E-state index contributed by atoms with van der Waals surface area (Å²) in [6, 6.07) is 0. The second-order valence-corrected chi connectivity index (χ2v) is 14.9. The van der Waals surface area contributed by atoms with Crippen LogP contribution in [0.2, 0.25) is 0 Å². The topological polar surface area (TPSA) is 110 Å². The third-order valence-corrected chi connectivity index (χ3v) is 9.32. The van der Waals surface area contributed by atoms with Crippen molar-refractivity contribution in [2.75, 3.05) is 6.61 Å². The molecule has 8 heteroatoms. The number of hydrogen-bond donors (Lipinski definition) is 2. The molecule has 0 aliphatic rings. The van der Waals surface area contributed by atoms with E-state index in [4.69, 9.17) is 14.5 Å². The van der Waals surface area contributed by atoms with E-state index in [0.29, 0.717) is 12.8 Å². The molecule has 0 aromatic rings. The highest BCUT2D eigenvalue weighted by Crippen LogP contribution is 2.36. The molecule has 2 N–H and O–H groups in total. The predicted octanol–water partition coefficient (Wildman–Crippen LogP) is 12.4. The number of esters is 1. The number of hydrogen-bond acceptors (Lipinski definition) is 5. The van der Waals surface area contributed by atoms with Crippen LogP contribution >= 0.6 is 7.82 Å². The van der Waals surface area contributed by atoms with Crippen LogP contribution < -0.4 is 0 Å². The molecule has 0 amide bonds.